The topological polar surface area (TPSA) is 25.4 Å². The van der Waals surface area contributed by atoms with E-state index in [2.05, 4.69) is 16.0 Å². The van der Waals surface area contributed by atoms with Crippen molar-refractivity contribution in [1.29, 1.82) is 0 Å². The summed E-state index contributed by atoms with van der Waals surface area (Å²) < 4.78 is 20.0. The second-order valence-electron chi connectivity index (χ2n) is 6.63. The zero-order chi connectivity index (χ0) is 16.9. The van der Waals surface area contributed by atoms with Crippen molar-refractivity contribution >= 4 is 0 Å². The van der Waals surface area contributed by atoms with Gasteiger partial charge in [0.25, 0.3) is 0 Å². The van der Waals surface area contributed by atoms with Crippen molar-refractivity contribution < 1.29 is 9.13 Å². The van der Waals surface area contributed by atoms with Gasteiger partial charge >= 0.3 is 0 Å². The number of hydrogen-bond donors (Lipinski definition) is 0. The van der Waals surface area contributed by atoms with Gasteiger partial charge in [0.1, 0.15) is 5.82 Å². The fourth-order valence-electron chi connectivity index (χ4n) is 3.20. The van der Waals surface area contributed by atoms with Gasteiger partial charge in [-0.1, -0.05) is 18.2 Å². The van der Waals surface area contributed by atoms with E-state index in [4.69, 9.17) is 4.74 Å². The Balaban J connectivity index is 1.48. The summed E-state index contributed by atoms with van der Waals surface area (Å²) in [6.07, 6.45) is 5.97. The van der Waals surface area contributed by atoms with Crippen LogP contribution in [-0.2, 0) is 17.9 Å². The highest BCUT2D eigenvalue weighted by molar-refractivity contribution is 5.32. The smallest absolute Gasteiger partial charge is 0.129 e. The van der Waals surface area contributed by atoms with E-state index in [1.165, 1.54) is 0 Å². The number of likely N-dealkylation sites (tertiary alicyclic amines) is 1. The minimum absolute atomic E-state index is 0.0674. The summed E-state index contributed by atoms with van der Waals surface area (Å²) in [4.78, 5) is 6.50. The molecule has 0 radical (unpaired) electrons. The first kappa shape index (κ1) is 17.1. The highest BCUT2D eigenvalue weighted by Gasteiger charge is 2.20. The van der Waals surface area contributed by atoms with E-state index in [9.17, 15) is 4.39 Å². The van der Waals surface area contributed by atoms with Crippen LogP contribution in [0.2, 0.25) is 0 Å². The van der Waals surface area contributed by atoms with E-state index in [1.807, 2.05) is 38.2 Å². The first-order valence-corrected chi connectivity index (χ1v) is 8.61. The van der Waals surface area contributed by atoms with Crippen LogP contribution < -0.4 is 0 Å². The lowest BCUT2D eigenvalue weighted by Gasteiger charge is -2.32. The van der Waals surface area contributed by atoms with Crippen molar-refractivity contribution in [2.45, 2.75) is 45.9 Å². The molecule has 0 aliphatic carbocycles. The van der Waals surface area contributed by atoms with E-state index in [0.29, 0.717) is 12.7 Å². The van der Waals surface area contributed by atoms with Crippen LogP contribution in [0.5, 0.6) is 0 Å². The summed E-state index contributed by atoms with van der Waals surface area (Å²) in [6.45, 7) is 7.12. The summed E-state index contributed by atoms with van der Waals surface area (Å²) in [7, 11) is 0. The standard InChI is InChI=1S/C20H25FN2O/c1-15-5-6-18(16(2)20(15)21)13-23-10-7-19(8-11-23)24-14-17-4-3-9-22-12-17/h3-6,9,12,19H,7-8,10-11,13-14H2,1-2H3. The molecule has 2 aromatic rings. The maximum Gasteiger partial charge on any atom is 0.129 e. The lowest BCUT2D eigenvalue weighted by molar-refractivity contribution is -0.00407. The van der Waals surface area contributed by atoms with Gasteiger partial charge in [0.05, 0.1) is 12.7 Å². The molecule has 1 saturated heterocycles. The number of nitrogens with zero attached hydrogens (tertiary/aromatic N) is 2. The largest absolute Gasteiger partial charge is 0.373 e. The van der Waals surface area contributed by atoms with Crippen LogP contribution in [-0.4, -0.2) is 29.1 Å². The number of aromatic nitrogens is 1. The SMILES string of the molecule is Cc1ccc(CN2CCC(OCc3cccnc3)CC2)c(C)c1F. The van der Waals surface area contributed by atoms with Gasteiger partial charge in [-0.05, 0) is 55.0 Å². The summed E-state index contributed by atoms with van der Waals surface area (Å²) >= 11 is 0. The van der Waals surface area contributed by atoms with Gasteiger partial charge in [-0.15, -0.1) is 0 Å². The molecule has 1 fully saturated rings. The Bertz CT molecular complexity index is 667. The third-order valence-corrected chi connectivity index (χ3v) is 4.83. The van der Waals surface area contributed by atoms with Gasteiger partial charge in [0, 0.05) is 32.0 Å². The van der Waals surface area contributed by atoms with Crippen LogP contribution in [0.15, 0.2) is 36.7 Å². The van der Waals surface area contributed by atoms with Gasteiger partial charge in [0.2, 0.25) is 0 Å². The van der Waals surface area contributed by atoms with E-state index in [1.54, 1.807) is 6.20 Å². The Hall–Kier alpha value is -1.78. The Morgan fingerprint density at radius 3 is 2.71 bits per heavy atom. The molecule has 1 aliphatic rings. The van der Waals surface area contributed by atoms with E-state index in [0.717, 1.165) is 54.7 Å². The molecular formula is C20H25FN2O. The predicted molar refractivity (Wildman–Crippen MR) is 93.2 cm³/mol. The van der Waals surface area contributed by atoms with Gasteiger partial charge in [-0.2, -0.15) is 0 Å². The number of ether oxygens (including phenoxy) is 1. The molecule has 0 saturated carbocycles. The zero-order valence-corrected chi connectivity index (χ0v) is 14.5. The molecule has 1 aliphatic heterocycles. The lowest BCUT2D eigenvalue weighted by Crippen LogP contribution is -2.36. The maximum absolute atomic E-state index is 14.0. The number of piperidine rings is 1. The molecule has 3 nitrogen and oxygen atoms in total. The van der Waals surface area contributed by atoms with Crippen molar-refractivity contribution in [2.75, 3.05) is 13.1 Å². The quantitative estimate of drug-likeness (QED) is 0.829. The highest BCUT2D eigenvalue weighted by Crippen LogP contribution is 2.21. The Morgan fingerprint density at radius 1 is 1.21 bits per heavy atom. The van der Waals surface area contributed by atoms with Crippen LogP contribution in [0.25, 0.3) is 0 Å². The fraction of sp³-hybridized carbons (Fsp3) is 0.450. The molecule has 0 spiro atoms. The third-order valence-electron chi connectivity index (χ3n) is 4.83. The highest BCUT2D eigenvalue weighted by atomic mass is 19.1. The van der Waals surface area contributed by atoms with Gasteiger partial charge < -0.3 is 4.74 Å². The Morgan fingerprint density at radius 2 is 2.00 bits per heavy atom. The second kappa shape index (κ2) is 7.86. The maximum atomic E-state index is 14.0. The molecule has 0 bridgehead atoms. The second-order valence-corrected chi connectivity index (χ2v) is 6.63. The van der Waals surface area contributed by atoms with Gasteiger partial charge in [0.15, 0.2) is 0 Å². The third kappa shape index (κ3) is 4.19. The molecule has 1 aromatic carbocycles. The molecule has 128 valence electrons. The number of pyridine rings is 1. The van der Waals surface area contributed by atoms with E-state index < -0.39 is 0 Å². The lowest BCUT2D eigenvalue weighted by atomic mass is 10.0. The zero-order valence-electron chi connectivity index (χ0n) is 14.5. The van der Waals surface area contributed by atoms with E-state index in [-0.39, 0.29) is 5.82 Å². The first-order chi connectivity index (χ1) is 11.6. The number of benzene rings is 1. The van der Waals surface area contributed by atoms with Crippen molar-refractivity contribution in [3.05, 3.63) is 64.7 Å². The van der Waals surface area contributed by atoms with Gasteiger partial charge in [-0.3, -0.25) is 9.88 Å². The van der Waals surface area contributed by atoms with Crippen LogP contribution in [0.4, 0.5) is 4.39 Å². The van der Waals surface area contributed by atoms with Crippen molar-refractivity contribution in [2.24, 2.45) is 0 Å². The average molecular weight is 328 g/mol. The number of aryl methyl sites for hydroxylation is 1. The summed E-state index contributed by atoms with van der Waals surface area (Å²) in [6, 6.07) is 7.90. The number of hydrogen-bond acceptors (Lipinski definition) is 3. The molecule has 24 heavy (non-hydrogen) atoms. The van der Waals surface area contributed by atoms with Crippen LogP contribution in [0.3, 0.4) is 0 Å². The molecule has 0 amide bonds. The minimum Gasteiger partial charge on any atom is -0.373 e. The first-order valence-electron chi connectivity index (χ1n) is 8.61. The number of rotatable bonds is 5. The Kier molecular flexibility index (Phi) is 5.59. The van der Waals surface area contributed by atoms with E-state index >= 15 is 0 Å². The molecule has 1 aromatic heterocycles. The molecule has 0 N–H and O–H groups in total. The summed E-state index contributed by atoms with van der Waals surface area (Å²) in [5.74, 6) is -0.0674. The monoisotopic (exact) mass is 328 g/mol. The summed E-state index contributed by atoms with van der Waals surface area (Å²) in [5, 5.41) is 0. The van der Waals surface area contributed by atoms with Crippen molar-refractivity contribution in [3.8, 4) is 0 Å². The fourth-order valence-corrected chi connectivity index (χ4v) is 3.20. The van der Waals surface area contributed by atoms with Gasteiger partial charge in [-0.25, -0.2) is 4.39 Å². The molecule has 3 rings (SSSR count). The molecule has 0 atom stereocenters. The molecule has 4 heteroatoms. The average Bonchev–Trinajstić information content (AvgIpc) is 2.62. The summed E-state index contributed by atoms with van der Waals surface area (Å²) in [5.41, 5.74) is 3.71. The molecule has 2 heterocycles. The van der Waals surface area contributed by atoms with Crippen LogP contribution in [0, 0.1) is 19.7 Å². The van der Waals surface area contributed by atoms with Crippen molar-refractivity contribution in [1.82, 2.24) is 9.88 Å². The van der Waals surface area contributed by atoms with Crippen LogP contribution >= 0.6 is 0 Å². The molecule has 0 unspecified atom stereocenters. The van der Waals surface area contributed by atoms with Crippen LogP contribution in [0.1, 0.15) is 35.1 Å². The predicted octanol–water partition coefficient (Wildman–Crippen LogP) is 4.02. The molecular weight excluding hydrogens is 303 g/mol. The normalized spacial score (nSPS) is 16.5. The number of halogens is 1. The Labute approximate surface area is 143 Å². The van der Waals surface area contributed by atoms with Crippen molar-refractivity contribution in [3.63, 3.8) is 0 Å². The minimum atomic E-state index is -0.0674.